The molecule has 0 spiro atoms. The summed E-state index contributed by atoms with van der Waals surface area (Å²) in [5, 5.41) is 3.38. The molecule has 0 heterocycles. The highest BCUT2D eigenvalue weighted by atomic mass is 35.5. The molecule has 3 aromatic carbocycles. The van der Waals surface area contributed by atoms with E-state index in [4.69, 9.17) is 11.6 Å². The second kappa shape index (κ2) is 14.0. The molecule has 0 aliphatic rings. The molecule has 9 heteroatoms. The summed E-state index contributed by atoms with van der Waals surface area (Å²) in [6.45, 7) is 3.93. The van der Waals surface area contributed by atoms with E-state index in [1.54, 1.807) is 66.7 Å². The van der Waals surface area contributed by atoms with Crippen LogP contribution in [0.1, 0.15) is 38.7 Å². The largest absolute Gasteiger partial charge is 0.354 e. The van der Waals surface area contributed by atoms with Gasteiger partial charge >= 0.3 is 0 Å². The summed E-state index contributed by atoms with van der Waals surface area (Å²) in [6.07, 6.45) is 2.09. The number of sulfonamides is 1. The third kappa shape index (κ3) is 7.36. The fraction of sp³-hybridized carbons (Fsp3) is 0.310. The van der Waals surface area contributed by atoms with Crippen LogP contribution in [0.4, 0.5) is 5.69 Å². The number of nitrogens with one attached hydrogen (secondary N) is 1. The van der Waals surface area contributed by atoms with Gasteiger partial charge in [-0.1, -0.05) is 86.5 Å². The van der Waals surface area contributed by atoms with Crippen LogP contribution in [-0.2, 0) is 26.2 Å². The monoisotopic (exact) mass is 555 g/mol. The molecule has 0 bridgehead atoms. The lowest BCUT2D eigenvalue weighted by atomic mass is 10.1. The Balaban J connectivity index is 2.01. The van der Waals surface area contributed by atoms with Crippen LogP contribution in [0.2, 0.25) is 5.02 Å². The molecule has 0 aromatic heterocycles. The molecule has 1 N–H and O–H groups in total. The van der Waals surface area contributed by atoms with Crippen molar-refractivity contribution in [3.63, 3.8) is 0 Å². The van der Waals surface area contributed by atoms with Gasteiger partial charge in [0.2, 0.25) is 11.8 Å². The van der Waals surface area contributed by atoms with Gasteiger partial charge in [0.1, 0.15) is 12.6 Å². The number of rotatable bonds is 13. The summed E-state index contributed by atoms with van der Waals surface area (Å²) in [5.41, 5.74) is 1.02. The van der Waals surface area contributed by atoms with Crippen molar-refractivity contribution in [1.29, 1.82) is 0 Å². The van der Waals surface area contributed by atoms with Gasteiger partial charge in [0, 0.05) is 18.1 Å². The molecule has 0 unspecified atom stereocenters. The van der Waals surface area contributed by atoms with Gasteiger partial charge in [-0.25, -0.2) is 8.42 Å². The average Bonchev–Trinajstić information content (AvgIpc) is 2.93. The Bertz CT molecular complexity index is 1300. The molecule has 7 nitrogen and oxygen atoms in total. The first-order valence-electron chi connectivity index (χ1n) is 12.7. The van der Waals surface area contributed by atoms with Crippen molar-refractivity contribution in [2.75, 3.05) is 17.4 Å². The van der Waals surface area contributed by atoms with Crippen molar-refractivity contribution >= 4 is 39.1 Å². The molecule has 38 heavy (non-hydrogen) atoms. The molecular formula is C29H34ClN3O4S. The van der Waals surface area contributed by atoms with Crippen LogP contribution in [0.25, 0.3) is 0 Å². The number of unbranched alkanes of at least 4 members (excludes halogenated alkanes) is 1. The van der Waals surface area contributed by atoms with E-state index >= 15 is 0 Å². The molecular weight excluding hydrogens is 522 g/mol. The van der Waals surface area contributed by atoms with Gasteiger partial charge in [0.05, 0.1) is 10.6 Å². The van der Waals surface area contributed by atoms with Crippen LogP contribution in [0.5, 0.6) is 0 Å². The number of hydrogen-bond donors (Lipinski definition) is 1. The molecule has 0 saturated carbocycles. The Morgan fingerprint density at radius 3 is 2.11 bits per heavy atom. The van der Waals surface area contributed by atoms with E-state index in [2.05, 4.69) is 5.32 Å². The van der Waals surface area contributed by atoms with Gasteiger partial charge < -0.3 is 10.2 Å². The van der Waals surface area contributed by atoms with E-state index in [0.717, 1.165) is 17.1 Å². The van der Waals surface area contributed by atoms with Crippen molar-refractivity contribution in [1.82, 2.24) is 10.2 Å². The molecule has 0 saturated heterocycles. The van der Waals surface area contributed by atoms with E-state index in [1.807, 2.05) is 19.9 Å². The zero-order valence-electron chi connectivity index (χ0n) is 21.7. The second-order valence-electron chi connectivity index (χ2n) is 8.84. The molecule has 1 atom stereocenters. The van der Waals surface area contributed by atoms with E-state index in [-0.39, 0.29) is 17.3 Å². The van der Waals surface area contributed by atoms with Gasteiger partial charge in [-0.2, -0.15) is 0 Å². The molecule has 3 aromatic rings. The topological polar surface area (TPSA) is 86.8 Å². The second-order valence-corrected chi connectivity index (χ2v) is 11.1. The summed E-state index contributed by atoms with van der Waals surface area (Å²) in [6, 6.07) is 22.8. The third-order valence-electron chi connectivity index (χ3n) is 6.17. The Hall–Kier alpha value is -3.36. The highest BCUT2D eigenvalue weighted by Gasteiger charge is 2.33. The number of nitrogens with zero attached hydrogens (tertiary/aromatic N) is 2. The van der Waals surface area contributed by atoms with Crippen molar-refractivity contribution < 1.29 is 18.0 Å². The Labute approximate surface area is 230 Å². The predicted molar refractivity (Wildman–Crippen MR) is 151 cm³/mol. The van der Waals surface area contributed by atoms with Crippen LogP contribution in [-0.4, -0.2) is 44.3 Å². The molecule has 0 aliphatic heterocycles. The van der Waals surface area contributed by atoms with Crippen molar-refractivity contribution in [2.24, 2.45) is 0 Å². The summed E-state index contributed by atoms with van der Waals surface area (Å²) in [7, 11) is -4.07. The first kappa shape index (κ1) is 29.2. The lowest BCUT2D eigenvalue weighted by Crippen LogP contribution is -2.52. The molecule has 0 aliphatic carbocycles. The van der Waals surface area contributed by atoms with Gasteiger partial charge in [0.15, 0.2) is 0 Å². The zero-order valence-corrected chi connectivity index (χ0v) is 23.3. The SMILES string of the molecule is CCCCNC(=O)[C@H](CC)N(Cc1ccccc1Cl)C(=O)CN(c1ccccc1)S(=O)(=O)c1ccccc1. The standard InChI is InChI=1S/C29H34ClN3O4S/c1-3-5-20-31-29(35)27(4-2)32(21-23-14-12-13-19-26(23)30)28(34)22-33(24-15-8-6-9-16-24)38(36,37)25-17-10-7-11-18-25/h6-19,27H,3-5,20-22H2,1-2H3,(H,31,35)/t27-/m0/s1. The number of amides is 2. The number of carbonyl (C=O) groups is 2. The van der Waals surface area contributed by atoms with E-state index in [1.165, 1.54) is 17.0 Å². The first-order chi connectivity index (χ1) is 18.3. The maximum absolute atomic E-state index is 14.0. The van der Waals surface area contributed by atoms with E-state index in [9.17, 15) is 18.0 Å². The quantitative estimate of drug-likeness (QED) is 0.291. The van der Waals surface area contributed by atoms with Crippen molar-refractivity contribution in [3.8, 4) is 0 Å². The van der Waals surface area contributed by atoms with E-state index in [0.29, 0.717) is 29.2 Å². The smallest absolute Gasteiger partial charge is 0.264 e. The van der Waals surface area contributed by atoms with Crippen molar-refractivity contribution in [3.05, 3.63) is 95.5 Å². The number of carbonyl (C=O) groups excluding carboxylic acids is 2. The van der Waals surface area contributed by atoms with Crippen LogP contribution in [0, 0.1) is 0 Å². The van der Waals surface area contributed by atoms with Crippen LogP contribution in [0.15, 0.2) is 89.8 Å². The number of halogens is 1. The Kier molecular flexibility index (Phi) is 10.7. The number of para-hydroxylation sites is 1. The minimum Gasteiger partial charge on any atom is -0.354 e. The van der Waals surface area contributed by atoms with Gasteiger partial charge in [-0.15, -0.1) is 0 Å². The predicted octanol–water partition coefficient (Wildman–Crippen LogP) is 5.26. The minimum absolute atomic E-state index is 0.0617. The molecule has 2 amide bonds. The highest BCUT2D eigenvalue weighted by Crippen LogP contribution is 2.25. The number of anilines is 1. The maximum atomic E-state index is 14.0. The van der Waals surface area contributed by atoms with Crippen LogP contribution >= 0.6 is 11.6 Å². The zero-order chi connectivity index (χ0) is 27.5. The van der Waals surface area contributed by atoms with Crippen molar-refractivity contribution in [2.45, 2.75) is 50.6 Å². The van der Waals surface area contributed by atoms with E-state index < -0.39 is 28.5 Å². The Morgan fingerprint density at radius 1 is 0.895 bits per heavy atom. The molecule has 0 radical (unpaired) electrons. The molecule has 3 rings (SSSR count). The van der Waals surface area contributed by atoms with Crippen LogP contribution in [0.3, 0.4) is 0 Å². The first-order valence-corrected chi connectivity index (χ1v) is 14.5. The van der Waals surface area contributed by atoms with Gasteiger partial charge in [-0.05, 0) is 48.7 Å². The summed E-state index contributed by atoms with van der Waals surface area (Å²) >= 11 is 6.41. The summed E-state index contributed by atoms with van der Waals surface area (Å²) < 4.78 is 28.5. The lowest BCUT2D eigenvalue weighted by Gasteiger charge is -2.33. The molecule has 0 fully saturated rings. The molecule has 202 valence electrons. The summed E-state index contributed by atoms with van der Waals surface area (Å²) in [5.74, 6) is -0.788. The lowest BCUT2D eigenvalue weighted by molar-refractivity contribution is -0.140. The minimum atomic E-state index is -4.07. The number of benzene rings is 3. The van der Waals surface area contributed by atoms with Gasteiger partial charge in [0.25, 0.3) is 10.0 Å². The fourth-order valence-corrected chi connectivity index (χ4v) is 5.71. The highest BCUT2D eigenvalue weighted by molar-refractivity contribution is 7.92. The number of hydrogen-bond acceptors (Lipinski definition) is 4. The van der Waals surface area contributed by atoms with Crippen LogP contribution < -0.4 is 9.62 Å². The summed E-state index contributed by atoms with van der Waals surface area (Å²) in [4.78, 5) is 28.6. The fourth-order valence-electron chi connectivity index (χ4n) is 4.08. The maximum Gasteiger partial charge on any atom is 0.264 e. The third-order valence-corrected chi connectivity index (χ3v) is 8.33. The van der Waals surface area contributed by atoms with Gasteiger partial charge in [-0.3, -0.25) is 13.9 Å². The Morgan fingerprint density at radius 2 is 1.50 bits per heavy atom. The normalized spacial score (nSPS) is 12.0. The average molecular weight is 556 g/mol.